The molecule has 4 nitrogen and oxygen atoms in total. The van der Waals surface area contributed by atoms with Gasteiger partial charge < -0.3 is 5.11 Å². The van der Waals surface area contributed by atoms with Crippen molar-refractivity contribution in [2.24, 2.45) is 0 Å². The zero-order valence-electron chi connectivity index (χ0n) is 11.1. The van der Waals surface area contributed by atoms with Crippen molar-refractivity contribution in [3.8, 4) is 0 Å². The van der Waals surface area contributed by atoms with Gasteiger partial charge in [-0.1, -0.05) is 64.7 Å². The van der Waals surface area contributed by atoms with Crippen molar-refractivity contribution < 1.29 is 9.90 Å². The monoisotopic (exact) mass is 244 g/mol. The molecule has 0 aromatic heterocycles. The molecule has 0 saturated heterocycles. The molecule has 0 aromatic carbocycles. The van der Waals surface area contributed by atoms with Crippen molar-refractivity contribution in [3.05, 3.63) is 0 Å². The number of unbranched alkanes of at least 4 members (excludes halogenated alkanes) is 9. The van der Waals surface area contributed by atoms with Gasteiger partial charge in [-0.15, -0.1) is 0 Å². The maximum atomic E-state index is 10.1. The second kappa shape index (κ2) is 13.3. The van der Waals surface area contributed by atoms with E-state index < -0.39 is 6.09 Å². The smallest absolute Gasteiger partial charge is 0.419 e. The van der Waals surface area contributed by atoms with Crippen LogP contribution in [0.4, 0.5) is 4.79 Å². The highest BCUT2D eigenvalue weighted by atomic mass is 16.4. The van der Waals surface area contributed by atoms with Crippen LogP contribution in [0.25, 0.3) is 0 Å². The molecule has 0 spiro atoms. The third kappa shape index (κ3) is 15.2. The minimum absolute atomic E-state index is 0.725. The first-order valence-corrected chi connectivity index (χ1v) is 6.99. The summed E-state index contributed by atoms with van der Waals surface area (Å²) in [7, 11) is 0. The maximum absolute atomic E-state index is 10.1. The number of carbonyl (C=O) groups is 1. The fourth-order valence-electron chi connectivity index (χ4n) is 1.84. The van der Waals surface area contributed by atoms with Gasteiger partial charge in [0.1, 0.15) is 0 Å². The molecule has 0 unspecified atom stereocenters. The molecule has 102 valence electrons. The van der Waals surface area contributed by atoms with Crippen LogP contribution in [0.15, 0.2) is 0 Å². The molecule has 17 heavy (non-hydrogen) atoms. The van der Waals surface area contributed by atoms with Crippen LogP contribution in [0.5, 0.6) is 0 Å². The van der Waals surface area contributed by atoms with Gasteiger partial charge >= 0.3 is 6.09 Å². The van der Waals surface area contributed by atoms with Crippen LogP contribution in [0.3, 0.4) is 0 Å². The van der Waals surface area contributed by atoms with E-state index in [1.54, 1.807) is 0 Å². The number of hydrazine groups is 1. The van der Waals surface area contributed by atoms with Crippen molar-refractivity contribution in [1.29, 1.82) is 0 Å². The molecule has 1 amide bonds. The summed E-state index contributed by atoms with van der Waals surface area (Å²) >= 11 is 0. The number of rotatable bonds is 12. The quantitative estimate of drug-likeness (QED) is 0.362. The zero-order valence-corrected chi connectivity index (χ0v) is 11.1. The van der Waals surface area contributed by atoms with Gasteiger partial charge in [-0.2, -0.15) is 0 Å². The molecule has 4 heteroatoms. The predicted octanol–water partition coefficient (Wildman–Crippen LogP) is 3.68. The van der Waals surface area contributed by atoms with Crippen molar-refractivity contribution in [3.63, 3.8) is 0 Å². The molecular weight excluding hydrogens is 216 g/mol. The molecule has 3 N–H and O–H groups in total. The summed E-state index contributed by atoms with van der Waals surface area (Å²) in [6.07, 6.45) is 12.0. The van der Waals surface area contributed by atoms with E-state index in [0.717, 1.165) is 13.0 Å². The van der Waals surface area contributed by atoms with Crippen LogP contribution in [0.2, 0.25) is 0 Å². The van der Waals surface area contributed by atoms with Crippen LogP contribution in [0.1, 0.15) is 71.1 Å². The van der Waals surface area contributed by atoms with Gasteiger partial charge in [0.05, 0.1) is 0 Å². The van der Waals surface area contributed by atoms with E-state index in [0.29, 0.717) is 0 Å². The Kier molecular flexibility index (Phi) is 12.7. The summed E-state index contributed by atoms with van der Waals surface area (Å²) in [5.74, 6) is 0. The van der Waals surface area contributed by atoms with E-state index in [-0.39, 0.29) is 0 Å². The molecule has 0 bridgehead atoms. The van der Waals surface area contributed by atoms with E-state index in [9.17, 15) is 4.79 Å². The SMILES string of the molecule is CCCCCCCCCCCCNNC(=O)O. The van der Waals surface area contributed by atoms with Gasteiger partial charge in [-0.25, -0.2) is 10.2 Å². The van der Waals surface area contributed by atoms with Gasteiger partial charge in [0.15, 0.2) is 0 Å². The van der Waals surface area contributed by atoms with E-state index in [1.807, 2.05) is 0 Å². The van der Waals surface area contributed by atoms with Crippen molar-refractivity contribution in [2.45, 2.75) is 71.1 Å². The molecule has 0 atom stereocenters. The summed E-state index contributed by atoms with van der Waals surface area (Å²) in [5.41, 5.74) is 4.80. The van der Waals surface area contributed by atoms with E-state index in [4.69, 9.17) is 5.11 Å². The van der Waals surface area contributed by atoms with Crippen LogP contribution in [-0.2, 0) is 0 Å². The van der Waals surface area contributed by atoms with Crippen LogP contribution < -0.4 is 10.9 Å². The number of carboxylic acid groups (broad SMARTS) is 1. The molecule has 0 heterocycles. The molecule has 0 aromatic rings. The first kappa shape index (κ1) is 16.2. The lowest BCUT2D eigenvalue weighted by Gasteiger charge is -2.04. The van der Waals surface area contributed by atoms with Crippen molar-refractivity contribution in [2.75, 3.05) is 6.54 Å². The highest BCUT2D eigenvalue weighted by molar-refractivity contribution is 5.63. The first-order valence-electron chi connectivity index (χ1n) is 6.99. The summed E-state index contributed by atoms with van der Waals surface area (Å²) in [4.78, 5) is 10.1. The average molecular weight is 244 g/mol. The van der Waals surface area contributed by atoms with E-state index in [1.165, 1.54) is 57.8 Å². The molecule has 0 saturated carbocycles. The Morgan fingerprint density at radius 1 is 0.882 bits per heavy atom. The fraction of sp³-hybridized carbons (Fsp3) is 0.923. The zero-order chi connectivity index (χ0) is 12.8. The number of nitrogens with one attached hydrogen (secondary N) is 2. The summed E-state index contributed by atoms with van der Waals surface area (Å²) < 4.78 is 0. The standard InChI is InChI=1S/C13H28N2O2/c1-2-3-4-5-6-7-8-9-10-11-12-14-15-13(16)17/h14-15H,2-12H2,1H3,(H,16,17). The fourth-order valence-corrected chi connectivity index (χ4v) is 1.84. The molecule has 0 aliphatic heterocycles. The summed E-state index contributed by atoms with van der Waals surface area (Å²) in [6.45, 7) is 2.97. The Morgan fingerprint density at radius 2 is 1.35 bits per heavy atom. The second-order valence-corrected chi connectivity index (χ2v) is 4.54. The first-order chi connectivity index (χ1) is 8.27. The third-order valence-electron chi connectivity index (χ3n) is 2.85. The minimum atomic E-state index is -1.02. The van der Waals surface area contributed by atoms with Crippen LogP contribution >= 0.6 is 0 Å². The lowest BCUT2D eigenvalue weighted by atomic mass is 10.1. The summed E-state index contributed by atoms with van der Waals surface area (Å²) in [5, 5.41) is 8.30. The van der Waals surface area contributed by atoms with Gasteiger partial charge in [-0.05, 0) is 6.42 Å². The second-order valence-electron chi connectivity index (χ2n) is 4.54. The largest absolute Gasteiger partial charge is 0.464 e. The van der Waals surface area contributed by atoms with Crippen LogP contribution in [0, 0.1) is 0 Å². The molecule has 0 aliphatic carbocycles. The van der Waals surface area contributed by atoms with Gasteiger partial charge in [0.25, 0.3) is 0 Å². The van der Waals surface area contributed by atoms with Gasteiger partial charge in [-0.3, -0.25) is 5.43 Å². The molecule has 0 rings (SSSR count). The van der Waals surface area contributed by atoms with Gasteiger partial charge in [0.2, 0.25) is 0 Å². The molecule has 0 fully saturated rings. The predicted molar refractivity (Wildman–Crippen MR) is 71.0 cm³/mol. The normalized spacial score (nSPS) is 10.4. The Hall–Kier alpha value is -0.770. The lowest BCUT2D eigenvalue weighted by Crippen LogP contribution is -2.36. The number of amides is 1. The number of hydrogen-bond acceptors (Lipinski definition) is 2. The van der Waals surface area contributed by atoms with Crippen molar-refractivity contribution in [1.82, 2.24) is 10.9 Å². The minimum Gasteiger partial charge on any atom is -0.464 e. The highest BCUT2D eigenvalue weighted by Crippen LogP contribution is 2.09. The molecule has 0 radical (unpaired) electrons. The number of hydrogen-bond donors (Lipinski definition) is 3. The molecular formula is C13H28N2O2. The van der Waals surface area contributed by atoms with E-state index >= 15 is 0 Å². The van der Waals surface area contributed by atoms with Gasteiger partial charge in [0, 0.05) is 6.54 Å². The molecule has 0 aliphatic rings. The Morgan fingerprint density at radius 3 is 1.82 bits per heavy atom. The summed E-state index contributed by atoms with van der Waals surface area (Å²) in [6, 6.07) is 0. The Labute approximate surface area is 105 Å². The Balaban J connectivity index is 2.91. The topological polar surface area (TPSA) is 61.4 Å². The maximum Gasteiger partial charge on any atom is 0.419 e. The van der Waals surface area contributed by atoms with E-state index in [2.05, 4.69) is 17.8 Å². The lowest BCUT2D eigenvalue weighted by molar-refractivity contribution is 0.189. The Bertz CT molecular complexity index is 175. The average Bonchev–Trinajstić information content (AvgIpc) is 2.30. The highest BCUT2D eigenvalue weighted by Gasteiger charge is 1.94. The third-order valence-corrected chi connectivity index (χ3v) is 2.85. The van der Waals surface area contributed by atoms with Crippen LogP contribution in [-0.4, -0.2) is 17.7 Å². The van der Waals surface area contributed by atoms with Crippen molar-refractivity contribution >= 4 is 6.09 Å².